The highest BCUT2D eigenvalue weighted by Gasteiger charge is 2.24. The minimum atomic E-state index is -0.864. The SMILES string of the molecule is CC(C)N(C(=O)CCCC(=O)O)c1ccccc1.CCN(C(=O)C(C)CCC(=O)O)c1ccccc1.CCN(C(=O)CCCC(=O)O)c1ccccc1.CCN(C(=O)CCCCC(=O)O)c1ccccc1C.Cc1ccc(N(C)C(=O)CCCCC(=O)O)cc1.Cc1ccc(N(C)C(=O)CCCCCC(=O)O)c(C)c1.Cc1ccccc1N(C)C(=O)CCCCC(=O)O. The van der Waals surface area contributed by atoms with Crippen molar-refractivity contribution in [2.24, 2.45) is 5.92 Å². The molecule has 0 spiro atoms. The normalized spacial score (nSPS) is 10.4. The number of carbonyl (C=O) groups is 14. The summed E-state index contributed by atoms with van der Waals surface area (Å²) < 4.78 is 0. The van der Waals surface area contributed by atoms with E-state index in [9.17, 15) is 67.1 Å². The molecule has 1 atom stereocenters. The number of anilines is 7. The Morgan fingerprint density at radius 2 is 0.570 bits per heavy atom. The highest BCUT2D eigenvalue weighted by molar-refractivity contribution is 5.98. The fraction of sp³-hybridized carbons (Fsp3) is 0.440. The van der Waals surface area contributed by atoms with E-state index in [1.807, 2.05) is 245 Å². The number of aliphatic carboxylic acids is 7. The Morgan fingerprint density at radius 1 is 0.266 bits per heavy atom. The molecule has 0 saturated carbocycles. The molecular formula is C100H137N7O21. The molecule has 7 N–H and O–H groups in total. The zero-order chi connectivity index (χ0) is 96.2. The van der Waals surface area contributed by atoms with Gasteiger partial charge in [0.2, 0.25) is 41.4 Å². The van der Waals surface area contributed by atoms with Crippen LogP contribution < -0.4 is 34.3 Å². The number of nitrogens with zero attached hydrogens (tertiary/aromatic N) is 7. The third-order valence-electron chi connectivity index (χ3n) is 20.1. The van der Waals surface area contributed by atoms with Gasteiger partial charge in [0.25, 0.3) is 0 Å². The molecule has 0 aliphatic rings. The topological polar surface area (TPSA) is 403 Å². The summed E-state index contributed by atoms with van der Waals surface area (Å²) in [4.78, 5) is 169. The van der Waals surface area contributed by atoms with E-state index >= 15 is 0 Å². The van der Waals surface area contributed by atoms with Gasteiger partial charge in [0.1, 0.15) is 0 Å². The van der Waals surface area contributed by atoms with E-state index in [0.717, 1.165) is 74.9 Å². The van der Waals surface area contributed by atoms with Gasteiger partial charge in [-0.25, -0.2) is 0 Å². The average molecular weight is 1770 g/mol. The van der Waals surface area contributed by atoms with E-state index in [0.29, 0.717) is 110 Å². The van der Waals surface area contributed by atoms with Crippen molar-refractivity contribution >= 4 is 123 Å². The standard InChI is InChI=1S/C16H23NO3.C15H21NO3.4C14H19NO3.C13H17NO3/c1-12-9-10-14(13(2)11-12)17(3)15(18)7-5-4-6-8-16(19)20;1-3-16(13-9-5-4-8-12(13)2)14(17)10-6-7-11-15(18)19;1-11-7-3-4-8-12(11)15(2)13(16)9-5-6-10-14(17)18;1-11(2)15(12-7-4-3-5-8-12)13(16)9-6-10-14(17)18;1-11-7-9-12(10-8-11)15(2)13(16)5-3-4-6-14(17)18;1-3-15(12-7-5-4-6-8-12)14(18)11(2)9-10-13(16)17;1-2-14(11-7-4-3-5-8-11)12(15)9-6-10-13(16)17/h9-11H,4-8H2,1-3H3,(H,19,20);4-5,8-9H,3,6-7,10-11H2,1-2H3,(H,18,19);3-4,7-8H,5-6,9-10H2,1-2H3,(H,17,18);3-5,7-8,11H,6,9-10H2,1-2H3,(H,17,18);7-10H,3-6H2,1-2H3,(H,17,18);4-8,11H,3,9-10H2,1-2H3,(H,16,17);3-5,7-8H,2,6,9-10H2,1H3,(H,16,17). The lowest BCUT2D eigenvalue weighted by Gasteiger charge is -2.27. The van der Waals surface area contributed by atoms with E-state index in [1.54, 1.807) is 62.4 Å². The number of carbonyl (C=O) groups excluding carboxylic acids is 7. The van der Waals surface area contributed by atoms with Crippen molar-refractivity contribution in [2.45, 2.75) is 243 Å². The number of para-hydroxylation sites is 5. The average Bonchev–Trinajstić information content (AvgIpc) is 0.855. The summed E-state index contributed by atoms with van der Waals surface area (Å²) >= 11 is 0. The van der Waals surface area contributed by atoms with Crippen LogP contribution in [-0.4, -0.2) is 166 Å². The molecule has 0 aliphatic heterocycles. The minimum absolute atomic E-state index is 0.0178. The monoisotopic (exact) mass is 1770 g/mol. The van der Waals surface area contributed by atoms with Crippen LogP contribution in [0.25, 0.3) is 0 Å². The molecule has 28 nitrogen and oxygen atoms in total. The molecule has 0 bridgehead atoms. The molecule has 0 radical (unpaired) electrons. The first-order valence-corrected chi connectivity index (χ1v) is 43.7. The van der Waals surface area contributed by atoms with Gasteiger partial charge in [0, 0.05) is 176 Å². The maximum atomic E-state index is 12.2. The molecule has 7 rings (SSSR count). The second kappa shape index (κ2) is 64.8. The molecule has 128 heavy (non-hydrogen) atoms. The van der Waals surface area contributed by atoms with Crippen LogP contribution in [0, 0.1) is 40.5 Å². The molecule has 0 saturated heterocycles. The van der Waals surface area contributed by atoms with Crippen LogP contribution in [0.3, 0.4) is 0 Å². The second-order valence-corrected chi connectivity index (χ2v) is 30.9. The summed E-state index contributed by atoms with van der Waals surface area (Å²) in [7, 11) is 5.28. The molecule has 7 aromatic rings. The number of carboxylic acid groups (broad SMARTS) is 7. The number of benzene rings is 7. The molecule has 0 fully saturated rings. The second-order valence-electron chi connectivity index (χ2n) is 30.9. The molecule has 0 heterocycles. The minimum Gasteiger partial charge on any atom is -0.481 e. The number of aryl methyl sites for hydroxylation is 5. The predicted octanol–water partition coefficient (Wildman–Crippen LogP) is 19.0. The molecule has 7 amide bonds. The predicted molar refractivity (Wildman–Crippen MR) is 504 cm³/mol. The number of hydrogen-bond donors (Lipinski definition) is 7. The summed E-state index contributed by atoms with van der Waals surface area (Å²) in [6.45, 7) is 23.2. The van der Waals surface area contributed by atoms with Gasteiger partial charge in [0.15, 0.2) is 0 Å². The van der Waals surface area contributed by atoms with Crippen LogP contribution in [0.1, 0.15) is 230 Å². The van der Waals surface area contributed by atoms with Crippen molar-refractivity contribution < 1.29 is 103 Å². The molecule has 0 aromatic heterocycles. The Balaban J connectivity index is 0.000000747. The van der Waals surface area contributed by atoms with Crippen LogP contribution in [0.15, 0.2) is 182 Å². The third-order valence-corrected chi connectivity index (χ3v) is 20.1. The lowest BCUT2D eigenvalue weighted by Crippen LogP contribution is -2.36. The van der Waals surface area contributed by atoms with E-state index in [2.05, 4.69) is 6.07 Å². The Kier molecular flexibility index (Phi) is 57.3. The van der Waals surface area contributed by atoms with Crippen LogP contribution in [-0.2, 0) is 67.1 Å². The summed E-state index contributed by atoms with van der Waals surface area (Å²) in [5.74, 6) is -5.97. The lowest BCUT2D eigenvalue weighted by molar-refractivity contribution is -0.138. The van der Waals surface area contributed by atoms with Gasteiger partial charge in [-0.15, -0.1) is 0 Å². The Morgan fingerprint density at radius 3 is 0.961 bits per heavy atom. The zero-order valence-electron chi connectivity index (χ0n) is 77.3. The van der Waals surface area contributed by atoms with Gasteiger partial charge in [-0.2, -0.15) is 0 Å². The van der Waals surface area contributed by atoms with Gasteiger partial charge >= 0.3 is 41.8 Å². The summed E-state index contributed by atoms with van der Waals surface area (Å²) in [6, 6.07) is 57.6. The molecule has 28 heteroatoms. The Labute approximate surface area is 755 Å². The van der Waals surface area contributed by atoms with Crippen molar-refractivity contribution in [3.05, 3.63) is 210 Å². The van der Waals surface area contributed by atoms with Crippen molar-refractivity contribution in [3.8, 4) is 0 Å². The first-order chi connectivity index (χ1) is 60.7. The van der Waals surface area contributed by atoms with E-state index in [4.69, 9.17) is 35.7 Å². The Hall–Kier alpha value is -12.9. The summed E-state index contributed by atoms with van der Waals surface area (Å²) in [5, 5.41) is 59.8. The highest BCUT2D eigenvalue weighted by Crippen LogP contribution is 2.26. The van der Waals surface area contributed by atoms with Crippen molar-refractivity contribution in [3.63, 3.8) is 0 Å². The van der Waals surface area contributed by atoms with Gasteiger partial charge < -0.3 is 70.0 Å². The number of amides is 7. The quantitative estimate of drug-likeness (QED) is 0.0174. The molecular weight excluding hydrogens is 1640 g/mol. The van der Waals surface area contributed by atoms with E-state index in [1.165, 1.54) is 5.56 Å². The smallest absolute Gasteiger partial charge is 0.303 e. The number of hydrogen-bond acceptors (Lipinski definition) is 14. The largest absolute Gasteiger partial charge is 0.481 e. The number of carboxylic acids is 7. The fourth-order valence-electron chi connectivity index (χ4n) is 12.9. The Bertz CT molecular complexity index is 4550. The molecule has 1 unspecified atom stereocenters. The fourth-order valence-corrected chi connectivity index (χ4v) is 12.9. The van der Waals surface area contributed by atoms with E-state index < -0.39 is 41.8 Å². The summed E-state index contributed by atoms with van der Waals surface area (Å²) in [5.41, 5.74) is 11.8. The highest BCUT2D eigenvalue weighted by atomic mass is 16.4. The lowest BCUT2D eigenvalue weighted by atomic mass is 10.0. The number of unbranched alkanes of at least 4 members (excludes halogenated alkanes) is 5. The number of rotatable bonds is 44. The maximum Gasteiger partial charge on any atom is 0.303 e. The summed E-state index contributed by atoms with van der Waals surface area (Å²) in [6.07, 6.45) is 9.60. The van der Waals surface area contributed by atoms with E-state index in [-0.39, 0.29) is 111 Å². The van der Waals surface area contributed by atoms with Crippen LogP contribution in [0.5, 0.6) is 0 Å². The first-order valence-electron chi connectivity index (χ1n) is 43.7. The molecule has 0 aliphatic carbocycles. The maximum absolute atomic E-state index is 12.2. The molecule has 698 valence electrons. The van der Waals surface area contributed by atoms with Crippen molar-refractivity contribution in [1.29, 1.82) is 0 Å². The van der Waals surface area contributed by atoms with Gasteiger partial charge in [0.05, 0.1) is 0 Å². The van der Waals surface area contributed by atoms with Crippen LogP contribution >= 0.6 is 0 Å². The third kappa shape index (κ3) is 48.0. The van der Waals surface area contributed by atoms with Crippen molar-refractivity contribution in [1.82, 2.24) is 0 Å². The van der Waals surface area contributed by atoms with Gasteiger partial charge in [-0.1, -0.05) is 140 Å². The van der Waals surface area contributed by atoms with Gasteiger partial charge in [-0.05, 0) is 223 Å². The van der Waals surface area contributed by atoms with Gasteiger partial charge in [-0.3, -0.25) is 67.1 Å². The van der Waals surface area contributed by atoms with Crippen LogP contribution in [0.4, 0.5) is 39.8 Å². The first kappa shape index (κ1) is 113. The van der Waals surface area contributed by atoms with Crippen LogP contribution in [0.2, 0.25) is 0 Å². The molecule has 7 aromatic carbocycles. The zero-order valence-corrected chi connectivity index (χ0v) is 77.3. The van der Waals surface area contributed by atoms with Crippen molar-refractivity contribution in [2.75, 3.05) is 75.1 Å².